The van der Waals surface area contributed by atoms with Crippen molar-refractivity contribution in [1.82, 2.24) is 0 Å². The topological polar surface area (TPSA) is 20.2 Å². The third kappa shape index (κ3) is 3.88. The monoisotopic (exact) mass is 322 g/mol. The van der Waals surface area contributed by atoms with Gasteiger partial charge < -0.3 is 5.11 Å². The first-order chi connectivity index (χ1) is 9.06. The van der Waals surface area contributed by atoms with Gasteiger partial charge in [-0.05, 0) is 54.7 Å². The van der Waals surface area contributed by atoms with Crippen LogP contribution in [0.1, 0.15) is 16.7 Å². The van der Waals surface area contributed by atoms with Gasteiger partial charge in [0.2, 0.25) is 0 Å². The van der Waals surface area contributed by atoms with Crippen LogP contribution in [0.2, 0.25) is 0 Å². The molecule has 0 bridgehead atoms. The van der Waals surface area contributed by atoms with Crippen LogP contribution >= 0.6 is 15.9 Å². The highest BCUT2D eigenvalue weighted by Crippen LogP contribution is 2.21. The zero-order chi connectivity index (χ0) is 13.8. The third-order valence-electron chi connectivity index (χ3n) is 3.18. The number of hydrogen-bond donors (Lipinski definition) is 1. The molecule has 0 heterocycles. The van der Waals surface area contributed by atoms with Crippen LogP contribution in [0, 0.1) is 12.7 Å². The van der Waals surface area contributed by atoms with Crippen molar-refractivity contribution in [3.63, 3.8) is 0 Å². The van der Waals surface area contributed by atoms with Crippen molar-refractivity contribution < 1.29 is 9.50 Å². The summed E-state index contributed by atoms with van der Waals surface area (Å²) in [6, 6.07) is 12.5. The van der Waals surface area contributed by atoms with E-state index in [2.05, 4.69) is 15.9 Å². The summed E-state index contributed by atoms with van der Waals surface area (Å²) in [7, 11) is 0. The maximum atomic E-state index is 13.2. The van der Waals surface area contributed by atoms with Crippen LogP contribution in [0.15, 0.2) is 46.9 Å². The van der Waals surface area contributed by atoms with Gasteiger partial charge in [0.1, 0.15) is 5.82 Å². The van der Waals surface area contributed by atoms with E-state index in [0.717, 1.165) is 15.6 Å². The molecular formula is C16H16BrFO. The fourth-order valence-corrected chi connectivity index (χ4v) is 2.53. The van der Waals surface area contributed by atoms with Gasteiger partial charge in [0.05, 0.1) is 6.10 Å². The first kappa shape index (κ1) is 14.2. The van der Waals surface area contributed by atoms with Crippen LogP contribution in [-0.2, 0) is 12.8 Å². The molecule has 100 valence electrons. The molecule has 1 nitrogen and oxygen atoms in total. The zero-order valence-electron chi connectivity index (χ0n) is 10.7. The molecule has 1 unspecified atom stereocenters. The SMILES string of the molecule is Cc1ccccc1CC(O)Cc1cc(F)ccc1Br. The third-order valence-corrected chi connectivity index (χ3v) is 3.95. The summed E-state index contributed by atoms with van der Waals surface area (Å²) in [4.78, 5) is 0. The van der Waals surface area contributed by atoms with Gasteiger partial charge in [0, 0.05) is 4.47 Å². The molecule has 0 spiro atoms. The van der Waals surface area contributed by atoms with E-state index in [1.165, 1.54) is 17.7 Å². The van der Waals surface area contributed by atoms with Crippen molar-refractivity contribution >= 4 is 15.9 Å². The maximum absolute atomic E-state index is 13.2. The lowest BCUT2D eigenvalue weighted by atomic mass is 9.98. The molecule has 2 aromatic rings. The van der Waals surface area contributed by atoms with Crippen molar-refractivity contribution in [1.29, 1.82) is 0 Å². The maximum Gasteiger partial charge on any atom is 0.123 e. The average molecular weight is 323 g/mol. The molecule has 2 aromatic carbocycles. The van der Waals surface area contributed by atoms with E-state index in [4.69, 9.17) is 0 Å². The summed E-state index contributed by atoms with van der Waals surface area (Å²) in [5.41, 5.74) is 3.09. The Balaban J connectivity index is 2.07. The fraction of sp³-hybridized carbons (Fsp3) is 0.250. The van der Waals surface area contributed by atoms with Crippen molar-refractivity contribution in [2.45, 2.75) is 25.9 Å². The van der Waals surface area contributed by atoms with E-state index < -0.39 is 6.10 Å². The zero-order valence-corrected chi connectivity index (χ0v) is 12.3. The number of halogens is 2. The highest BCUT2D eigenvalue weighted by molar-refractivity contribution is 9.10. The number of aliphatic hydroxyl groups is 1. The molecule has 0 saturated carbocycles. The van der Waals surface area contributed by atoms with Gasteiger partial charge in [-0.25, -0.2) is 4.39 Å². The van der Waals surface area contributed by atoms with Gasteiger partial charge in [-0.2, -0.15) is 0 Å². The van der Waals surface area contributed by atoms with Gasteiger partial charge in [0.15, 0.2) is 0 Å². The van der Waals surface area contributed by atoms with E-state index in [9.17, 15) is 9.50 Å². The summed E-state index contributed by atoms with van der Waals surface area (Å²) in [6.07, 6.45) is 0.502. The van der Waals surface area contributed by atoms with Gasteiger partial charge in [0.25, 0.3) is 0 Å². The van der Waals surface area contributed by atoms with Crippen LogP contribution in [0.25, 0.3) is 0 Å². The molecule has 1 N–H and O–H groups in total. The van der Waals surface area contributed by atoms with Gasteiger partial charge in [-0.15, -0.1) is 0 Å². The molecule has 19 heavy (non-hydrogen) atoms. The molecule has 0 aliphatic heterocycles. The molecule has 0 saturated heterocycles. The van der Waals surface area contributed by atoms with E-state index in [1.54, 1.807) is 6.07 Å². The first-order valence-corrected chi connectivity index (χ1v) is 7.02. The predicted octanol–water partition coefficient (Wildman–Crippen LogP) is 4.04. The number of aryl methyl sites for hydroxylation is 1. The Hall–Kier alpha value is -1.19. The van der Waals surface area contributed by atoms with Crippen molar-refractivity contribution in [2.24, 2.45) is 0 Å². The Morgan fingerprint density at radius 3 is 2.53 bits per heavy atom. The molecule has 0 fully saturated rings. The molecule has 0 aliphatic rings. The minimum atomic E-state index is -0.515. The summed E-state index contributed by atoms with van der Waals surface area (Å²) < 4.78 is 14.0. The Morgan fingerprint density at radius 2 is 1.79 bits per heavy atom. The fourth-order valence-electron chi connectivity index (χ4n) is 2.12. The van der Waals surface area contributed by atoms with E-state index in [0.29, 0.717) is 12.8 Å². The van der Waals surface area contributed by atoms with E-state index >= 15 is 0 Å². The number of rotatable bonds is 4. The summed E-state index contributed by atoms with van der Waals surface area (Å²) >= 11 is 3.38. The minimum absolute atomic E-state index is 0.277. The quantitative estimate of drug-likeness (QED) is 0.900. The lowest BCUT2D eigenvalue weighted by Crippen LogP contribution is -2.15. The van der Waals surface area contributed by atoms with E-state index in [-0.39, 0.29) is 5.82 Å². The van der Waals surface area contributed by atoms with Crippen molar-refractivity contribution in [3.8, 4) is 0 Å². The Kier molecular flexibility index (Phi) is 4.72. The Bertz CT molecular complexity index is 568. The summed E-state index contributed by atoms with van der Waals surface area (Å²) in [5, 5.41) is 10.2. The molecule has 0 aromatic heterocycles. The summed E-state index contributed by atoms with van der Waals surface area (Å²) in [5.74, 6) is -0.277. The van der Waals surface area contributed by atoms with E-state index in [1.807, 2.05) is 31.2 Å². The second kappa shape index (κ2) is 6.31. The highest BCUT2D eigenvalue weighted by Gasteiger charge is 2.11. The van der Waals surface area contributed by atoms with Crippen LogP contribution < -0.4 is 0 Å². The number of aliphatic hydroxyl groups excluding tert-OH is 1. The minimum Gasteiger partial charge on any atom is -0.392 e. The molecule has 0 aliphatic carbocycles. The Morgan fingerprint density at radius 1 is 1.11 bits per heavy atom. The Labute approximate surface area is 121 Å². The van der Waals surface area contributed by atoms with Gasteiger partial charge in [-0.1, -0.05) is 40.2 Å². The average Bonchev–Trinajstić information content (AvgIpc) is 2.37. The predicted molar refractivity (Wildman–Crippen MR) is 78.7 cm³/mol. The van der Waals surface area contributed by atoms with Crippen molar-refractivity contribution in [3.05, 3.63) is 69.4 Å². The normalized spacial score (nSPS) is 12.4. The molecule has 0 radical (unpaired) electrons. The largest absolute Gasteiger partial charge is 0.392 e. The molecular weight excluding hydrogens is 307 g/mol. The molecule has 0 amide bonds. The molecule has 1 atom stereocenters. The summed E-state index contributed by atoms with van der Waals surface area (Å²) in [6.45, 7) is 2.03. The number of hydrogen-bond acceptors (Lipinski definition) is 1. The molecule has 3 heteroatoms. The van der Waals surface area contributed by atoms with Crippen LogP contribution in [0.4, 0.5) is 4.39 Å². The van der Waals surface area contributed by atoms with Crippen LogP contribution in [0.5, 0.6) is 0 Å². The van der Waals surface area contributed by atoms with Crippen molar-refractivity contribution in [2.75, 3.05) is 0 Å². The van der Waals surface area contributed by atoms with Crippen LogP contribution in [0.3, 0.4) is 0 Å². The standard InChI is InChI=1S/C16H16BrFO/c1-11-4-2-3-5-12(11)9-15(19)10-13-8-14(18)6-7-16(13)17/h2-8,15,19H,9-10H2,1H3. The lowest BCUT2D eigenvalue weighted by molar-refractivity contribution is 0.175. The number of benzene rings is 2. The second-order valence-corrected chi connectivity index (χ2v) is 5.58. The van der Waals surface area contributed by atoms with Gasteiger partial charge >= 0.3 is 0 Å². The first-order valence-electron chi connectivity index (χ1n) is 6.23. The molecule has 2 rings (SSSR count). The smallest absolute Gasteiger partial charge is 0.123 e. The van der Waals surface area contributed by atoms with Gasteiger partial charge in [-0.3, -0.25) is 0 Å². The van der Waals surface area contributed by atoms with Crippen LogP contribution in [-0.4, -0.2) is 11.2 Å². The second-order valence-electron chi connectivity index (χ2n) is 4.72. The lowest BCUT2D eigenvalue weighted by Gasteiger charge is -2.13. The highest BCUT2D eigenvalue weighted by atomic mass is 79.9.